The maximum absolute atomic E-state index is 15.2. The van der Waals surface area contributed by atoms with Crippen molar-refractivity contribution >= 4 is 11.7 Å². The van der Waals surface area contributed by atoms with Crippen molar-refractivity contribution in [3.63, 3.8) is 0 Å². The zero-order valence-corrected chi connectivity index (χ0v) is 24.7. The molecule has 234 valence electrons. The smallest absolute Gasteiger partial charge is 0.383 e. The van der Waals surface area contributed by atoms with Gasteiger partial charge in [0.15, 0.2) is 5.78 Å². The van der Waals surface area contributed by atoms with Gasteiger partial charge in [-0.15, -0.1) is 0 Å². The van der Waals surface area contributed by atoms with Gasteiger partial charge in [-0.3, -0.25) is 14.5 Å². The number of carbonyl (C=O) groups excluding carboxylic acids is 2. The van der Waals surface area contributed by atoms with E-state index in [1.54, 1.807) is 13.0 Å². The Morgan fingerprint density at radius 3 is 2.30 bits per heavy atom. The van der Waals surface area contributed by atoms with E-state index in [-0.39, 0.29) is 30.4 Å². The van der Waals surface area contributed by atoms with E-state index >= 15 is 8.78 Å². The summed E-state index contributed by atoms with van der Waals surface area (Å²) in [6.07, 6.45) is -2.67. The van der Waals surface area contributed by atoms with E-state index < -0.39 is 41.4 Å². The highest BCUT2D eigenvalue weighted by Crippen LogP contribution is 2.70. The molecule has 0 aromatic heterocycles. The number of carbonyl (C=O) groups is 2. The number of benzene rings is 1. The van der Waals surface area contributed by atoms with Crippen LogP contribution in [-0.2, 0) is 16.1 Å². The second-order valence-electron chi connectivity index (χ2n) is 13.5. The Labute approximate surface area is 248 Å². The van der Waals surface area contributed by atoms with Crippen LogP contribution in [0.4, 0.5) is 22.0 Å². The molecule has 10 heteroatoms. The molecule has 4 aliphatic carbocycles. The monoisotopic (exact) mass is 606 g/mol. The Morgan fingerprint density at radius 1 is 1.00 bits per heavy atom. The van der Waals surface area contributed by atoms with Gasteiger partial charge in [-0.25, -0.2) is 0 Å². The number of amides is 1. The lowest BCUT2D eigenvalue weighted by atomic mass is 9.50. The van der Waals surface area contributed by atoms with E-state index in [9.17, 15) is 27.9 Å². The van der Waals surface area contributed by atoms with Gasteiger partial charge in [-0.2, -0.15) is 22.0 Å². The molecular weight excluding hydrogens is 567 g/mol. The van der Waals surface area contributed by atoms with Gasteiger partial charge in [0.05, 0.1) is 0 Å². The van der Waals surface area contributed by atoms with Crippen molar-refractivity contribution in [1.82, 2.24) is 9.80 Å². The van der Waals surface area contributed by atoms with Crippen molar-refractivity contribution in [2.45, 2.75) is 89.0 Å². The first kappa shape index (κ1) is 30.4. The van der Waals surface area contributed by atoms with Gasteiger partial charge in [0.2, 0.25) is 5.91 Å². The summed E-state index contributed by atoms with van der Waals surface area (Å²) in [5.74, 6) is -6.32. The second-order valence-corrected chi connectivity index (χ2v) is 13.5. The summed E-state index contributed by atoms with van der Waals surface area (Å²) in [7, 11) is 0. The summed E-state index contributed by atoms with van der Waals surface area (Å²) >= 11 is 0. The number of ketones is 1. The van der Waals surface area contributed by atoms with Crippen molar-refractivity contribution < 1.29 is 36.6 Å². The lowest BCUT2D eigenvalue weighted by molar-refractivity contribution is -0.362. The summed E-state index contributed by atoms with van der Waals surface area (Å²) in [6, 6.07) is 7.86. The predicted molar refractivity (Wildman–Crippen MR) is 150 cm³/mol. The summed E-state index contributed by atoms with van der Waals surface area (Å²) in [4.78, 5) is 28.0. The van der Waals surface area contributed by atoms with Crippen molar-refractivity contribution in [3.8, 4) is 0 Å². The van der Waals surface area contributed by atoms with Gasteiger partial charge in [0, 0.05) is 57.4 Å². The fraction of sp³-hybridized carbons (Fsp3) is 0.636. The van der Waals surface area contributed by atoms with Crippen molar-refractivity contribution in [1.29, 1.82) is 0 Å². The van der Waals surface area contributed by atoms with Crippen LogP contribution in [0.3, 0.4) is 0 Å². The molecule has 1 amide bonds. The van der Waals surface area contributed by atoms with E-state index in [2.05, 4.69) is 4.90 Å². The maximum atomic E-state index is 15.2. The van der Waals surface area contributed by atoms with E-state index in [1.165, 1.54) is 6.92 Å². The minimum Gasteiger partial charge on any atom is -0.383 e. The molecular formula is C33H39F5N2O3. The highest BCUT2D eigenvalue weighted by Gasteiger charge is 2.79. The largest absolute Gasteiger partial charge is 0.456 e. The molecule has 0 radical (unpaired) electrons. The first-order valence-corrected chi connectivity index (χ1v) is 15.4. The van der Waals surface area contributed by atoms with E-state index in [4.69, 9.17) is 0 Å². The van der Waals surface area contributed by atoms with Crippen LogP contribution < -0.4 is 0 Å². The molecule has 0 bridgehead atoms. The number of hydrogen-bond acceptors (Lipinski definition) is 4. The van der Waals surface area contributed by atoms with Crippen LogP contribution in [0.25, 0.3) is 0 Å². The molecule has 2 saturated carbocycles. The van der Waals surface area contributed by atoms with Crippen LogP contribution in [0.5, 0.6) is 0 Å². The lowest BCUT2D eigenvalue weighted by Gasteiger charge is -2.56. The minimum absolute atomic E-state index is 0.0251. The Bertz CT molecular complexity index is 1360. The second kappa shape index (κ2) is 10.5. The number of alkyl halides is 5. The van der Waals surface area contributed by atoms with E-state index in [1.807, 2.05) is 29.2 Å². The lowest BCUT2D eigenvalue weighted by Crippen LogP contribution is -2.65. The molecule has 1 N–H and O–H groups in total. The molecule has 1 aromatic rings. The number of piperazine rings is 1. The van der Waals surface area contributed by atoms with Crippen molar-refractivity contribution in [2.24, 2.45) is 17.3 Å². The summed E-state index contributed by atoms with van der Waals surface area (Å²) in [6.45, 7) is 6.52. The highest BCUT2D eigenvalue weighted by molar-refractivity contribution is 5.93. The molecule has 1 saturated heterocycles. The molecule has 5 atom stereocenters. The van der Waals surface area contributed by atoms with Crippen LogP contribution >= 0.6 is 0 Å². The molecule has 3 fully saturated rings. The number of aliphatic hydroxyl groups is 1. The number of fused-ring (bicyclic) bond motifs is 4. The maximum Gasteiger partial charge on any atom is 0.456 e. The standard InChI is InChI=1S/C33H39F5N2O3/c1-20(41)40-15-13-39(14-16-40)19-21-3-5-22(6-4-21)27-18-30(2)28(11-12-31(30,43)32(34,35)33(36,37)38)26-9-7-23-17-24(42)8-10-25(23)29(26)27/h3-6,17,26-28,43H,7-16,18-19H2,1-2H3/t26-,27+,28-,30-,31-/m0/s1. The van der Waals surface area contributed by atoms with Crippen LogP contribution in [0, 0.1) is 17.3 Å². The molecule has 1 heterocycles. The quantitative estimate of drug-likeness (QED) is 0.416. The van der Waals surface area contributed by atoms with Gasteiger partial charge in [-0.05, 0) is 78.7 Å². The normalized spacial score (nSPS) is 33.6. The van der Waals surface area contributed by atoms with Crippen LogP contribution in [0.1, 0.15) is 75.8 Å². The summed E-state index contributed by atoms with van der Waals surface area (Å²) < 4.78 is 71.7. The Hall–Kier alpha value is -2.59. The first-order chi connectivity index (χ1) is 20.2. The number of hydrogen-bond donors (Lipinski definition) is 1. The number of allylic oxidation sites excluding steroid dienone is 4. The summed E-state index contributed by atoms with van der Waals surface area (Å²) in [5.41, 5.74) is 0.104. The minimum atomic E-state index is -5.86. The molecule has 0 unspecified atom stereocenters. The number of nitrogens with zero attached hydrogens (tertiary/aromatic N) is 2. The fourth-order valence-corrected chi connectivity index (χ4v) is 9.05. The van der Waals surface area contributed by atoms with Crippen LogP contribution in [0.15, 0.2) is 47.1 Å². The molecule has 43 heavy (non-hydrogen) atoms. The van der Waals surface area contributed by atoms with E-state index in [0.29, 0.717) is 45.3 Å². The van der Waals surface area contributed by atoms with Gasteiger partial charge >= 0.3 is 12.1 Å². The van der Waals surface area contributed by atoms with Crippen molar-refractivity contribution in [3.05, 3.63) is 58.2 Å². The third-order valence-electron chi connectivity index (χ3n) is 11.4. The molecule has 1 aliphatic heterocycles. The molecule has 0 spiro atoms. The zero-order chi connectivity index (χ0) is 30.9. The zero-order valence-electron chi connectivity index (χ0n) is 24.7. The number of halogens is 5. The molecule has 5 aliphatic rings. The van der Waals surface area contributed by atoms with Gasteiger partial charge in [0.1, 0.15) is 5.60 Å². The molecule has 5 nitrogen and oxygen atoms in total. The average Bonchev–Trinajstić information content (AvgIpc) is 3.24. The van der Waals surface area contributed by atoms with Crippen LogP contribution in [0.2, 0.25) is 0 Å². The summed E-state index contributed by atoms with van der Waals surface area (Å²) in [5, 5.41) is 11.4. The fourth-order valence-electron chi connectivity index (χ4n) is 9.05. The van der Waals surface area contributed by atoms with Crippen molar-refractivity contribution in [2.75, 3.05) is 26.2 Å². The Kier molecular flexibility index (Phi) is 7.43. The third-order valence-corrected chi connectivity index (χ3v) is 11.4. The Morgan fingerprint density at radius 2 is 1.67 bits per heavy atom. The molecule has 1 aromatic carbocycles. The molecule has 6 rings (SSSR count). The number of rotatable bonds is 4. The third kappa shape index (κ3) is 4.78. The Balaban J connectivity index is 1.36. The highest BCUT2D eigenvalue weighted by atomic mass is 19.4. The SMILES string of the molecule is CC(=O)N1CCN(Cc2ccc([C@H]3C[C@@]4(C)[C@@H](CC[C@@]4(O)C(F)(F)C(F)(F)F)[C@@H]4CCC5=CC(=O)CCC5=C43)cc2)CC1. The van der Waals surface area contributed by atoms with Gasteiger partial charge in [0.25, 0.3) is 0 Å². The predicted octanol–water partition coefficient (Wildman–Crippen LogP) is 6.18. The topological polar surface area (TPSA) is 60.9 Å². The van der Waals surface area contributed by atoms with Crippen LogP contribution in [-0.4, -0.2) is 70.5 Å². The first-order valence-electron chi connectivity index (χ1n) is 15.4. The average molecular weight is 607 g/mol. The van der Waals surface area contributed by atoms with Gasteiger partial charge < -0.3 is 10.0 Å². The van der Waals surface area contributed by atoms with Gasteiger partial charge in [-0.1, -0.05) is 36.8 Å². The van der Waals surface area contributed by atoms with E-state index in [0.717, 1.165) is 40.9 Å².